The van der Waals surface area contributed by atoms with Crippen LogP contribution in [0.3, 0.4) is 0 Å². The zero-order valence-corrected chi connectivity index (χ0v) is 7.80. The highest BCUT2D eigenvalue weighted by Gasteiger charge is 2.20. The molecule has 1 aliphatic rings. The third kappa shape index (κ3) is 2.27. The first kappa shape index (κ1) is 9.64. The lowest BCUT2D eigenvalue weighted by atomic mass is 10.5. The molecule has 0 amide bonds. The van der Waals surface area contributed by atoms with Crippen LogP contribution in [-0.2, 0) is 4.74 Å². The third-order valence-electron chi connectivity index (χ3n) is 1.43. The summed E-state index contributed by atoms with van der Waals surface area (Å²) in [6.07, 6.45) is 2.75. The van der Waals surface area contributed by atoms with E-state index in [-0.39, 0.29) is 5.37 Å². The van der Waals surface area contributed by atoms with E-state index in [1.165, 1.54) is 11.8 Å². The SMILES string of the molecule is C=CC1NC=C(C(O)OCC)S1. The van der Waals surface area contributed by atoms with Crippen LogP contribution in [0.15, 0.2) is 23.8 Å². The van der Waals surface area contributed by atoms with Crippen LogP contribution in [0, 0.1) is 0 Å². The van der Waals surface area contributed by atoms with E-state index in [4.69, 9.17) is 4.74 Å². The van der Waals surface area contributed by atoms with Crippen LogP contribution in [0.1, 0.15) is 6.92 Å². The number of aliphatic hydroxyl groups excluding tert-OH is 1. The van der Waals surface area contributed by atoms with Gasteiger partial charge in [0.2, 0.25) is 0 Å². The number of aliphatic hydroxyl groups is 1. The van der Waals surface area contributed by atoms with Crippen molar-refractivity contribution in [1.29, 1.82) is 0 Å². The van der Waals surface area contributed by atoms with Crippen molar-refractivity contribution in [1.82, 2.24) is 5.32 Å². The fourth-order valence-corrected chi connectivity index (χ4v) is 1.71. The van der Waals surface area contributed by atoms with Crippen molar-refractivity contribution in [2.45, 2.75) is 18.6 Å². The Balaban J connectivity index is 2.39. The first-order chi connectivity index (χ1) is 5.77. The summed E-state index contributed by atoms with van der Waals surface area (Å²) in [5.74, 6) is 0. The van der Waals surface area contributed by atoms with Crippen molar-refractivity contribution >= 4 is 11.8 Å². The number of hydrogen-bond donors (Lipinski definition) is 2. The van der Waals surface area contributed by atoms with E-state index in [0.717, 1.165) is 4.91 Å². The Morgan fingerprint density at radius 3 is 3.25 bits per heavy atom. The number of thioether (sulfide) groups is 1. The van der Waals surface area contributed by atoms with Crippen molar-refractivity contribution in [3.8, 4) is 0 Å². The third-order valence-corrected chi connectivity index (χ3v) is 2.61. The molecule has 0 aromatic carbocycles. The van der Waals surface area contributed by atoms with Crippen LogP contribution < -0.4 is 5.32 Å². The van der Waals surface area contributed by atoms with Gasteiger partial charge in [-0.05, 0) is 6.92 Å². The lowest BCUT2D eigenvalue weighted by Crippen LogP contribution is -2.12. The second-order valence-electron chi connectivity index (χ2n) is 2.30. The van der Waals surface area contributed by atoms with E-state index in [2.05, 4.69) is 11.9 Å². The molecule has 1 rings (SSSR count). The molecule has 0 aromatic heterocycles. The molecular formula is C8H13NO2S. The molecule has 2 atom stereocenters. The quantitative estimate of drug-likeness (QED) is 0.509. The van der Waals surface area contributed by atoms with Gasteiger partial charge < -0.3 is 15.2 Å². The lowest BCUT2D eigenvalue weighted by molar-refractivity contribution is -0.0613. The van der Waals surface area contributed by atoms with Gasteiger partial charge in [-0.1, -0.05) is 17.8 Å². The Bertz CT molecular complexity index is 193. The largest absolute Gasteiger partial charge is 0.375 e. The molecule has 1 heterocycles. The van der Waals surface area contributed by atoms with Crippen LogP contribution in [0.2, 0.25) is 0 Å². The van der Waals surface area contributed by atoms with Crippen LogP contribution in [0.4, 0.5) is 0 Å². The Morgan fingerprint density at radius 2 is 2.75 bits per heavy atom. The molecule has 4 heteroatoms. The summed E-state index contributed by atoms with van der Waals surface area (Å²) in [4.78, 5) is 0.807. The highest BCUT2D eigenvalue weighted by Crippen LogP contribution is 2.28. The van der Waals surface area contributed by atoms with Gasteiger partial charge in [-0.2, -0.15) is 0 Å². The molecule has 2 unspecified atom stereocenters. The van der Waals surface area contributed by atoms with Crippen molar-refractivity contribution in [2.24, 2.45) is 0 Å². The molecule has 68 valence electrons. The number of rotatable bonds is 4. The molecule has 2 N–H and O–H groups in total. The minimum atomic E-state index is -0.794. The Morgan fingerprint density at radius 1 is 2.00 bits per heavy atom. The van der Waals surface area contributed by atoms with Gasteiger partial charge in [-0.25, -0.2) is 0 Å². The fraction of sp³-hybridized carbons (Fsp3) is 0.500. The van der Waals surface area contributed by atoms with Crippen molar-refractivity contribution in [3.63, 3.8) is 0 Å². The normalized spacial score (nSPS) is 24.5. The fourth-order valence-electron chi connectivity index (χ4n) is 0.865. The van der Waals surface area contributed by atoms with Gasteiger partial charge in [0, 0.05) is 12.8 Å². The molecule has 0 bridgehead atoms. The molecule has 0 spiro atoms. The summed E-state index contributed by atoms with van der Waals surface area (Å²) in [5.41, 5.74) is 0. The highest BCUT2D eigenvalue weighted by molar-refractivity contribution is 8.04. The summed E-state index contributed by atoms with van der Waals surface area (Å²) in [5, 5.41) is 12.6. The van der Waals surface area contributed by atoms with E-state index in [0.29, 0.717) is 6.61 Å². The zero-order chi connectivity index (χ0) is 8.97. The maximum absolute atomic E-state index is 9.38. The van der Waals surface area contributed by atoms with Gasteiger partial charge in [-0.3, -0.25) is 0 Å². The monoisotopic (exact) mass is 187 g/mol. The molecule has 0 aliphatic carbocycles. The van der Waals surface area contributed by atoms with Crippen LogP contribution in [-0.4, -0.2) is 23.4 Å². The average molecular weight is 187 g/mol. The summed E-state index contributed by atoms with van der Waals surface area (Å²) in [6.45, 7) is 6.00. The molecule has 0 saturated heterocycles. The summed E-state index contributed by atoms with van der Waals surface area (Å²) in [6, 6.07) is 0. The Kier molecular flexibility index (Phi) is 3.65. The lowest BCUT2D eigenvalue weighted by Gasteiger charge is -2.10. The van der Waals surface area contributed by atoms with Gasteiger partial charge in [0.05, 0.1) is 10.3 Å². The van der Waals surface area contributed by atoms with E-state index in [1.807, 2.05) is 6.92 Å². The number of hydrogen-bond acceptors (Lipinski definition) is 4. The minimum absolute atomic E-state index is 0.162. The minimum Gasteiger partial charge on any atom is -0.375 e. The maximum atomic E-state index is 9.38. The van der Waals surface area contributed by atoms with Crippen LogP contribution in [0.25, 0.3) is 0 Å². The second-order valence-corrected chi connectivity index (χ2v) is 3.51. The summed E-state index contributed by atoms with van der Waals surface area (Å²) < 4.78 is 5.01. The molecule has 0 fully saturated rings. The standard InChI is InChI=1S/C8H13NO2S/c1-3-7-9-5-6(12-7)8(10)11-4-2/h3,5,7-10H,1,4H2,2H3. The first-order valence-electron chi connectivity index (χ1n) is 3.83. The Hall–Kier alpha value is -0.450. The molecular weight excluding hydrogens is 174 g/mol. The van der Waals surface area contributed by atoms with E-state index < -0.39 is 6.29 Å². The molecule has 0 radical (unpaired) electrons. The zero-order valence-electron chi connectivity index (χ0n) is 6.99. The van der Waals surface area contributed by atoms with Gasteiger partial charge in [-0.15, -0.1) is 6.58 Å². The van der Waals surface area contributed by atoms with Gasteiger partial charge in [0.15, 0.2) is 6.29 Å². The van der Waals surface area contributed by atoms with Crippen molar-refractivity contribution < 1.29 is 9.84 Å². The van der Waals surface area contributed by atoms with Crippen molar-refractivity contribution in [3.05, 3.63) is 23.8 Å². The summed E-state index contributed by atoms with van der Waals surface area (Å²) in [7, 11) is 0. The van der Waals surface area contributed by atoms with Gasteiger partial charge >= 0.3 is 0 Å². The maximum Gasteiger partial charge on any atom is 0.188 e. The molecule has 3 nitrogen and oxygen atoms in total. The van der Waals surface area contributed by atoms with Gasteiger partial charge in [0.25, 0.3) is 0 Å². The average Bonchev–Trinajstić information content (AvgIpc) is 2.52. The number of ether oxygens (including phenoxy) is 1. The highest BCUT2D eigenvalue weighted by atomic mass is 32.2. The predicted octanol–water partition coefficient (Wildman–Crippen LogP) is 1.03. The number of nitrogens with one attached hydrogen (secondary N) is 1. The molecule has 1 aliphatic heterocycles. The van der Waals surface area contributed by atoms with Crippen molar-refractivity contribution in [2.75, 3.05) is 6.61 Å². The second kappa shape index (κ2) is 4.54. The topological polar surface area (TPSA) is 41.5 Å². The first-order valence-corrected chi connectivity index (χ1v) is 4.71. The Labute approximate surface area is 76.5 Å². The van der Waals surface area contributed by atoms with Crippen LogP contribution >= 0.6 is 11.8 Å². The van der Waals surface area contributed by atoms with Crippen LogP contribution in [0.5, 0.6) is 0 Å². The molecule has 12 heavy (non-hydrogen) atoms. The summed E-state index contributed by atoms with van der Waals surface area (Å²) >= 11 is 1.52. The van der Waals surface area contributed by atoms with E-state index >= 15 is 0 Å². The smallest absolute Gasteiger partial charge is 0.188 e. The van der Waals surface area contributed by atoms with E-state index in [9.17, 15) is 5.11 Å². The predicted molar refractivity (Wildman–Crippen MR) is 50.4 cm³/mol. The molecule has 0 saturated carbocycles. The molecule has 0 aromatic rings. The van der Waals surface area contributed by atoms with Gasteiger partial charge in [0.1, 0.15) is 0 Å². The van der Waals surface area contributed by atoms with E-state index in [1.54, 1.807) is 12.3 Å².